The SMILES string of the molecule is COc1ccc(-c2oc(C3CCN(C(=O)N(O)C(C)C)CC3)nc2-c2ccc(CO)cc2)c(OC)c1. The van der Waals surface area contributed by atoms with E-state index >= 15 is 0 Å². The lowest BCUT2D eigenvalue weighted by atomic mass is 9.97. The molecule has 0 saturated carbocycles. The third-order valence-corrected chi connectivity index (χ3v) is 6.51. The summed E-state index contributed by atoms with van der Waals surface area (Å²) in [5, 5.41) is 20.2. The van der Waals surface area contributed by atoms with Gasteiger partial charge in [-0.3, -0.25) is 5.21 Å². The van der Waals surface area contributed by atoms with Crippen LogP contribution in [0.4, 0.5) is 4.79 Å². The van der Waals surface area contributed by atoms with Gasteiger partial charge in [-0.2, -0.15) is 0 Å². The summed E-state index contributed by atoms with van der Waals surface area (Å²) in [6.07, 6.45) is 1.33. The van der Waals surface area contributed by atoms with Gasteiger partial charge in [0.15, 0.2) is 11.7 Å². The largest absolute Gasteiger partial charge is 0.497 e. The molecule has 1 fully saturated rings. The number of piperidine rings is 1. The first-order chi connectivity index (χ1) is 17.4. The molecular weight excluding hydrogens is 462 g/mol. The number of oxazole rings is 1. The third kappa shape index (κ3) is 5.17. The maximum Gasteiger partial charge on any atom is 0.343 e. The number of nitrogens with zero attached hydrogens (tertiary/aromatic N) is 3. The van der Waals surface area contributed by atoms with E-state index in [1.54, 1.807) is 39.0 Å². The molecule has 192 valence electrons. The average molecular weight is 496 g/mol. The molecule has 2 N–H and O–H groups in total. The predicted molar refractivity (Wildman–Crippen MR) is 134 cm³/mol. The van der Waals surface area contributed by atoms with Crippen molar-refractivity contribution in [1.82, 2.24) is 14.9 Å². The van der Waals surface area contributed by atoms with E-state index in [0.29, 0.717) is 54.8 Å². The quantitative estimate of drug-likeness (QED) is 0.354. The number of ether oxygens (including phenoxy) is 2. The van der Waals surface area contributed by atoms with E-state index in [-0.39, 0.29) is 24.6 Å². The van der Waals surface area contributed by atoms with Crippen molar-refractivity contribution in [2.45, 2.75) is 45.3 Å². The highest BCUT2D eigenvalue weighted by Crippen LogP contribution is 2.42. The van der Waals surface area contributed by atoms with Gasteiger partial charge >= 0.3 is 6.03 Å². The Labute approximate surface area is 210 Å². The number of aromatic nitrogens is 1. The minimum Gasteiger partial charge on any atom is -0.497 e. The van der Waals surface area contributed by atoms with E-state index in [0.717, 1.165) is 21.8 Å². The molecule has 0 bridgehead atoms. The summed E-state index contributed by atoms with van der Waals surface area (Å²) in [6.45, 7) is 4.49. The Hall–Kier alpha value is -3.56. The zero-order valence-corrected chi connectivity index (χ0v) is 21.1. The summed E-state index contributed by atoms with van der Waals surface area (Å²) >= 11 is 0. The number of carbonyl (C=O) groups excluding carboxylic acids is 1. The molecule has 36 heavy (non-hydrogen) atoms. The van der Waals surface area contributed by atoms with Gasteiger partial charge in [-0.1, -0.05) is 24.3 Å². The highest BCUT2D eigenvalue weighted by molar-refractivity contribution is 5.80. The number of carbonyl (C=O) groups is 1. The van der Waals surface area contributed by atoms with Crippen molar-refractivity contribution in [2.75, 3.05) is 27.3 Å². The normalized spacial score (nSPS) is 14.2. The monoisotopic (exact) mass is 495 g/mol. The Kier molecular flexibility index (Phi) is 7.81. The number of hydrogen-bond acceptors (Lipinski definition) is 7. The van der Waals surface area contributed by atoms with E-state index in [1.165, 1.54) is 0 Å². The zero-order chi connectivity index (χ0) is 25.8. The smallest absolute Gasteiger partial charge is 0.343 e. The van der Waals surface area contributed by atoms with Crippen molar-refractivity contribution in [3.63, 3.8) is 0 Å². The van der Waals surface area contributed by atoms with Gasteiger partial charge in [0.2, 0.25) is 0 Å². The van der Waals surface area contributed by atoms with E-state index in [2.05, 4.69) is 0 Å². The number of rotatable bonds is 7. The lowest BCUT2D eigenvalue weighted by molar-refractivity contribution is -0.0815. The van der Waals surface area contributed by atoms with Crippen LogP contribution in [0.15, 0.2) is 46.9 Å². The molecule has 4 rings (SSSR count). The van der Waals surface area contributed by atoms with Crippen LogP contribution < -0.4 is 9.47 Å². The van der Waals surface area contributed by atoms with Gasteiger partial charge in [0.05, 0.1) is 32.4 Å². The number of aliphatic hydroxyl groups excluding tert-OH is 1. The number of aliphatic hydroxyl groups is 1. The standard InChI is InChI=1S/C27H33N3O6/c1-17(2)30(33)27(32)29-13-11-20(12-14-29)26-28-24(19-7-5-18(16-31)6-8-19)25(36-26)22-10-9-21(34-3)15-23(22)35-4/h5-10,15,17,20,31,33H,11-14,16H2,1-4H3. The van der Waals surface area contributed by atoms with Crippen molar-refractivity contribution in [3.8, 4) is 34.1 Å². The van der Waals surface area contributed by atoms with Gasteiger partial charge < -0.3 is 23.9 Å². The molecule has 0 spiro atoms. The van der Waals surface area contributed by atoms with Gasteiger partial charge in [-0.15, -0.1) is 0 Å². The molecule has 9 heteroatoms. The number of amides is 2. The number of benzene rings is 2. The first kappa shape index (κ1) is 25.5. The number of hydrogen-bond donors (Lipinski definition) is 2. The van der Waals surface area contributed by atoms with E-state index in [4.69, 9.17) is 18.9 Å². The average Bonchev–Trinajstić information content (AvgIpc) is 3.37. The maximum absolute atomic E-state index is 12.5. The third-order valence-electron chi connectivity index (χ3n) is 6.51. The molecule has 1 saturated heterocycles. The summed E-state index contributed by atoms with van der Waals surface area (Å²) < 4.78 is 17.4. The van der Waals surface area contributed by atoms with Gasteiger partial charge in [-0.25, -0.2) is 14.8 Å². The highest BCUT2D eigenvalue weighted by Gasteiger charge is 2.31. The molecule has 1 aromatic heterocycles. The van der Waals surface area contributed by atoms with Crippen molar-refractivity contribution in [3.05, 3.63) is 53.9 Å². The first-order valence-corrected chi connectivity index (χ1v) is 12.1. The van der Waals surface area contributed by atoms with E-state index < -0.39 is 0 Å². The second-order valence-electron chi connectivity index (χ2n) is 9.13. The Morgan fingerprint density at radius 3 is 2.42 bits per heavy atom. The summed E-state index contributed by atoms with van der Waals surface area (Å²) in [5.74, 6) is 2.47. The van der Waals surface area contributed by atoms with Gasteiger partial charge in [0.25, 0.3) is 0 Å². The predicted octanol–water partition coefficient (Wildman–Crippen LogP) is 4.92. The van der Waals surface area contributed by atoms with E-state index in [9.17, 15) is 15.1 Å². The van der Waals surface area contributed by atoms with Crippen LogP contribution in [-0.2, 0) is 6.61 Å². The van der Waals surface area contributed by atoms with Gasteiger partial charge in [0.1, 0.15) is 17.2 Å². The molecule has 1 aliphatic heterocycles. The van der Waals surface area contributed by atoms with Crippen molar-refractivity contribution < 1.29 is 29.0 Å². The summed E-state index contributed by atoms with van der Waals surface area (Å²) in [4.78, 5) is 19.1. The van der Waals surface area contributed by atoms with Crippen LogP contribution in [0.5, 0.6) is 11.5 Å². The zero-order valence-electron chi connectivity index (χ0n) is 21.1. The first-order valence-electron chi connectivity index (χ1n) is 12.1. The lowest BCUT2D eigenvalue weighted by Crippen LogP contribution is -2.47. The fraction of sp³-hybridized carbons (Fsp3) is 0.407. The molecule has 1 aliphatic rings. The molecule has 2 amide bonds. The van der Waals surface area contributed by atoms with Crippen LogP contribution in [-0.4, -0.2) is 64.6 Å². The molecule has 3 aromatic rings. The van der Waals surface area contributed by atoms with Gasteiger partial charge in [0, 0.05) is 30.6 Å². The highest BCUT2D eigenvalue weighted by atomic mass is 16.5. The molecule has 0 radical (unpaired) electrons. The molecule has 9 nitrogen and oxygen atoms in total. The number of urea groups is 1. The van der Waals surface area contributed by atoms with Crippen LogP contribution >= 0.6 is 0 Å². The summed E-state index contributed by atoms with van der Waals surface area (Å²) in [5.41, 5.74) is 3.09. The van der Waals surface area contributed by atoms with Crippen molar-refractivity contribution in [1.29, 1.82) is 0 Å². The molecule has 2 heterocycles. The molecular formula is C27H33N3O6. The number of likely N-dealkylation sites (tertiary alicyclic amines) is 1. The van der Waals surface area contributed by atoms with Crippen LogP contribution in [0.1, 0.15) is 44.1 Å². The van der Waals surface area contributed by atoms with Crippen molar-refractivity contribution in [2.24, 2.45) is 0 Å². The minimum absolute atomic E-state index is 0.0219. The van der Waals surface area contributed by atoms with Crippen molar-refractivity contribution >= 4 is 6.03 Å². The maximum atomic E-state index is 12.5. The Morgan fingerprint density at radius 2 is 1.83 bits per heavy atom. The molecule has 0 unspecified atom stereocenters. The topological polar surface area (TPSA) is 109 Å². The fourth-order valence-corrected chi connectivity index (χ4v) is 4.33. The van der Waals surface area contributed by atoms with Crippen LogP contribution in [0.2, 0.25) is 0 Å². The second-order valence-corrected chi connectivity index (χ2v) is 9.13. The Morgan fingerprint density at radius 1 is 1.14 bits per heavy atom. The summed E-state index contributed by atoms with van der Waals surface area (Å²) in [7, 11) is 3.20. The minimum atomic E-state index is -0.385. The molecule has 2 aromatic carbocycles. The molecule has 0 aliphatic carbocycles. The lowest BCUT2D eigenvalue weighted by Gasteiger charge is -2.33. The Bertz CT molecular complexity index is 1180. The molecule has 0 atom stereocenters. The van der Waals surface area contributed by atoms with E-state index in [1.807, 2.05) is 36.4 Å². The van der Waals surface area contributed by atoms with Crippen LogP contribution in [0.25, 0.3) is 22.6 Å². The Balaban J connectivity index is 1.67. The van der Waals surface area contributed by atoms with Crippen LogP contribution in [0.3, 0.4) is 0 Å². The summed E-state index contributed by atoms with van der Waals surface area (Å²) in [6, 6.07) is 12.4. The fourth-order valence-electron chi connectivity index (χ4n) is 4.33. The number of hydroxylamine groups is 2. The van der Waals surface area contributed by atoms with Gasteiger partial charge in [-0.05, 0) is 44.4 Å². The van der Waals surface area contributed by atoms with Crippen LogP contribution in [0, 0.1) is 0 Å². The number of methoxy groups -OCH3 is 2. The second kappa shape index (κ2) is 11.0.